The van der Waals surface area contributed by atoms with Crippen LogP contribution in [-0.2, 0) is 11.8 Å². The fourth-order valence-electron chi connectivity index (χ4n) is 4.89. The molecule has 3 aliphatic carbocycles. The van der Waals surface area contributed by atoms with Gasteiger partial charge in [0.05, 0.1) is 5.69 Å². The number of nitrogens with zero attached hydrogens (tertiary/aromatic N) is 3. The standard InChI is InChI=1S/C22H24N4O3/c1-25-8-7-22(29,21(25)28)6-5-12-3-4-15-13-10-14(11-13)18-17(16(15)9-12)24-20(19(23)27)26(18)2/h3-4,9,13-14,19,27,29H,7-8,10-11,23H2,1-2H3. The Morgan fingerprint density at radius 3 is 2.72 bits per heavy atom. The van der Waals surface area contributed by atoms with Crippen molar-refractivity contribution in [2.24, 2.45) is 12.8 Å². The van der Waals surface area contributed by atoms with Crippen LogP contribution in [0.25, 0.3) is 11.3 Å². The minimum absolute atomic E-state index is 0.312. The number of carbonyl (C=O) groups is 1. The average molecular weight is 392 g/mol. The zero-order chi connectivity index (χ0) is 20.5. The van der Waals surface area contributed by atoms with Crippen molar-refractivity contribution in [3.63, 3.8) is 0 Å². The molecule has 4 aliphatic rings. The summed E-state index contributed by atoms with van der Waals surface area (Å²) in [5.74, 6) is 6.79. The van der Waals surface area contributed by atoms with Crippen LogP contribution in [0.15, 0.2) is 18.2 Å². The number of rotatable bonds is 1. The highest BCUT2D eigenvalue weighted by atomic mass is 16.3. The van der Waals surface area contributed by atoms with Gasteiger partial charge in [-0.3, -0.25) is 10.5 Å². The van der Waals surface area contributed by atoms with E-state index in [1.807, 2.05) is 23.7 Å². The molecule has 0 radical (unpaired) electrons. The number of likely N-dealkylation sites (tertiary alicyclic amines) is 1. The number of hydrogen-bond acceptors (Lipinski definition) is 5. The molecular formula is C22H24N4O3. The number of imidazole rings is 1. The second-order valence-corrected chi connectivity index (χ2v) is 8.46. The maximum atomic E-state index is 12.2. The number of hydrogen-bond donors (Lipinski definition) is 3. The Hall–Kier alpha value is -2.66. The number of carbonyl (C=O) groups excluding carboxylic acids is 1. The van der Waals surface area contributed by atoms with Crippen molar-refractivity contribution >= 4 is 5.91 Å². The van der Waals surface area contributed by atoms with Gasteiger partial charge in [-0.2, -0.15) is 0 Å². The van der Waals surface area contributed by atoms with E-state index in [0.29, 0.717) is 30.6 Å². The van der Waals surface area contributed by atoms with Crippen LogP contribution in [0.4, 0.5) is 0 Å². The number of aromatic nitrogens is 2. The predicted octanol–water partition coefficient (Wildman–Crippen LogP) is 0.956. The summed E-state index contributed by atoms with van der Waals surface area (Å²) in [6.07, 6.45) is 1.30. The van der Waals surface area contributed by atoms with E-state index in [1.165, 1.54) is 10.5 Å². The molecule has 6 rings (SSSR count). The third-order valence-corrected chi connectivity index (χ3v) is 6.63. The number of aliphatic hydroxyl groups excluding tert-OH is 1. The molecule has 2 bridgehead atoms. The molecule has 2 fully saturated rings. The van der Waals surface area contributed by atoms with E-state index in [4.69, 9.17) is 5.73 Å². The molecule has 29 heavy (non-hydrogen) atoms. The van der Waals surface area contributed by atoms with Crippen molar-refractivity contribution in [3.05, 3.63) is 40.8 Å². The molecule has 4 N–H and O–H groups in total. The first-order valence-corrected chi connectivity index (χ1v) is 9.94. The van der Waals surface area contributed by atoms with Gasteiger partial charge in [0, 0.05) is 49.8 Å². The molecule has 7 heteroatoms. The van der Waals surface area contributed by atoms with Gasteiger partial charge in [-0.25, -0.2) is 4.98 Å². The van der Waals surface area contributed by atoms with Crippen molar-refractivity contribution in [1.82, 2.24) is 14.5 Å². The fourth-order valence-corrected chi connectivity index (χ4v) is 4.89. The zero-order valence-electron chi connectivity index (χ0n) is 16.5. The fraction of sp³-hybridized carbons (Fsp3) is 0.455. The average Bonchev–Trinajstić information content (AvgIpc) is 3.02. The van der Waals surface area contributed by atoms with Crippen LogP contribution in [0, 0.1) is 11.8 Å². The van der Waals surface area contributed by atoms with Crippen molar-refractivity contribution in [1.29, 1.82) is 0 Å². The lowest BCUT2D eigenvalue weighted by Crippen LogP contribution is -2.37. The highest BCUT2D eigenvalue weighted by Crippen LogP contribution is 2.55. The van der Waals surface area contributed by atoms with Crippen LogP contribution >= 0.6 is 0 Å². The summed E-state index contributed by atoms with van der Waals surface area (Å²) >= 11 is 0. The van der Waals surface area contributed by atoms with E-state index >= 15 is 0 Å². The lowest BCUT2D eigenvalue weighted by Gasteiger charge is -2.34. The molecule has 2 atom stereocenters. The Morgan fingerprint density at radius 2 is 2.07 bits per heavy atom. The summed E-state index contributed by atoms with van der Waals surface area (Å²) < 4.78 is 1.92. The van der Waals surface area contributed by atoms with Gasteiger partial charge in [0.2, 0.25) is 5.60 Å². The summed E-state index contributed by atoms with van der Waals surface area (Å²) in [6.45, 7) is 0.499. The van der Waals surface area contributed by atoms with E-state index in [1.54, 1.807) is 7.05 Å². The Morgan fingerprint density at radius 1 is 1.31 bits per heavy atom. The van der Waals surface area contributed by atoms with E-state index in [0.717, 1.165) is 35.4 Å². The summed E-state index contributed by atoms with van der Waals surface area (Å²) in [5, 5.41) is 20.5. The maximum absolute atomic E-state index is 12.2. The molecule has 1 amide bonds. The monoisotopic (exact) mass is 392 g/mol. The topological polar surface area (TPSA) is 105 Å². The van der Waals surface area contributed by atoms with Gasteiger partial charge in [-0.15, -0.1) is 0 Å². The first kappa shape index (κ1) is 18.4. The number of aliphatic hydroxyl groups is 2. The lowest BCUT2D eigenvalue weighted by molar-refractivity contribution is -0.137. The molecule has 150 valence electrons. The molecule has 1 aromatic heterocycles. The molecule has 1 aliphatic heterocycles. The van der Waals surface area contributed by atoms with Crippen LogP contribution in [0.3, 0.4) is 0 Å². The van der Waals surface area contributed by atoms with Crippen molar-refractivity contribution in [2.75, 3.05) is 13.6 Å². The molecule has 2 aromatic rings. The van der Waals surface area contributed by atoms with Crippen molar-refractivity contribution < 1.29 is 15.0 Å². The molecule has 0 spiro atoms. The summed E-state index contributed by atoms with van der Waals surface area (Å²) in [4.78, 5) is 18.3. The first-order valence-electron chi connectivity index (χ1n) is 9.94. The molecule has 1 saturated heterocycles. The van der Waals surface area contributed by atoms with E-state index in [9.17, 15) is 15.0 Å². The number of amides is 1. The number of benzene rings is 1. The van der Waals surface area contributed by atoms with Crippen LogP contribution in [0.1, 0.15) is 60.0 Å². The van der Waals surface area contributed by atoms with Crippen LogP contribution < -0.4 is 5.73 Å². The number of nitrogens with two attached hydrogens (primary N) is 1. The lowest BCUT2D eigenvalue weighted by atomic mass is 9.71. The van der Waals surface area contributed by atoms with Crippen LogP contribution in [0.5, 0.6) is 0 Å². The minimum atomic E-state index is -1.61. The molecule has 7 nitrogen and oxygen atoms in total. The van der Waals surface area contributed by atoms with Gasteiger partial charge >= 0.3 is 0 Å². The number of likely N-dealkylation sites (N-methyl/N-ethyl adjacent to an activating group) is 1. The SMILES string of the molecule is CN1CCC(O)(C#Cc2ccc3c(c2)-c2nc(C(N)O)n(C)c2C2CC3C2)C1=O. The molecular weight excluding hydrogens is 368 g/mol. The van der Waals surface area contributed by atoms with Gasteiger partial charge in [-0.1, -0.05) is 17.9 Å². The highest BCUT2D eigenvalue weighted by molar-refractivity contribution is 5.90. The second kappa shape index (κ2) is 6.17. The molecule has 1 aromatic carbocycles. The Labute approximate surface area is 169 Å². The predicted molar refractivity (Wildman–Crippen MR) is 107 cm³/mol. The van der Waals surface area contributed by atoms with Gasteiger partial charge in [0.25, 0.3) is 5.91 Å². The maximum Gasteiger partial charge on any atom is 0.267 e. The van der Waals surface area contributed by atoms with Gasteiger partial charge in [0.1, 0.15) is 0 Å². The van der Waals surface area contributed by atoms with Crippen LogP contribution in [-0.4, -0.2) is 49.8 Å². The third-order valence-electron chi connectivity index (χ3n) is 6.63. The third kappa shape index (κ3) is 2.64. The van der Waals surface area contributed by atoms with Crippen molar-refractivity contribution in [2.45, 2.75) is 42.9 Å². The molecule has 1 saturated carbocycles. The molecule has 2 heterocycles. The zero-order valence-corrected chi connectivity index (χ0v) is 16.5. The van der Waals surface area contributed by atoms with Crippen LogP contribution in [0.2, 0.25) is 0 Å². The smallest absolute Gasteiger partial charge is 0.267 e. The normalized spacial score (nSPS) is 28.0. The Balaban J connectivity index is 1.60. The van der Waals surface area contributed by atoms with E-state index < -0.39 is 11.8 Å². The van der Waals surface area contributed by atoms with E-state index in [-0.39, 0.29) is 5.91 Å². The first-order chi connectivity index (χ1) is 13.8. The van der Waals surface area contributed by atoms with Gasteiger partial charge in [-0.05, 0) is 36.5 Å². The highest BCUT2D eigenvalue weighted by Gasteiger charge is 2.43. The quantitative estimate of drug-likeness (QED) is 0.495. The second-order valence-electron chi connectivity index (χ2n) is 8.46. The molecule has 2 unspecified atom stereocenters. The Kier molecular flexibility index (Phi) is 3.91. The Bertz CT molecular complexity index is 1090. The van der Waals surface area contributed by atoms with Crippen molar-refractivity contribution in [3.8, 4) is 23.1 Å². The summed E-state index contributed by atoms with van der Waals surface area (Å²) in [5.41, 5.74) is 9.02. The van der Waals surface area contributed by atoms with E-state index in [2.05, 4.69) is 22.9 Å². The largest absolute Gasteiger partial charge is 0.371 e. The van der Waals surface area contributed by atoms with Gasteiger partial charge < -0.3 is 19.7 Å². The summed E-state index contributed by atoms with van der Waals surface area (Å²) in [7, 11) is 3.57. The van der Waals surface area contributed by atoms with Gasteiger partial charge in [0.15, 0.2) is 12.1 Å². The summed E-state index contributed by atoms with van der Waals surface area (Å²) in [6, 6.07) is 6.00. The minimum Gasteiger partial charge on any atom is -0.371 e.